The van der Waals surface area contributed by atoms with Crippen molar-refractivity contribution in [3.8, 4) is 5.69 Å². The van der Waals surface area contributed by atoms with E-state index in [2.05, 4.69) is 10.4 Å². The number of aromatic nitrogens is 2. The van der Waals surface area contributed by atoms with E-state index < -0.39 is 11.7 Å². The highest BCUT2D eigenvalue weighted by atomic mass is 19.4. The van der Waals surface area contributed by atoms with E-state index in [1.807, 2.05) is 0 Å². The summed E-state index contributed by atoms with van der Waals surface area (Å²) in [6.07, 6.45) is -2.73. The lowest BCUT2D eigenvalue weighted by Gasteiger charge is -2.09. The maximum absolute atomic E-state index is 13.0. The lowest BCUT2D eigenvalue weighted by Crippen LogP contribution is -2.26. The largest absolute Gasteiger partial charge is 0.416 e. The maximum atomic E-state index is 13.0. The normalized spacial score (nSPS) is 11.5. The van der Waals surface area contributed by atoms with Gasteiger partial charge in [-0.3, -0.25) is 4.79 Å². The number of halogens is 4. The summed E-state index contributed by atoms with van der Waals surface area (Å²) in [4.78, 5) is 12.4. The fourth-order valence-corrected chi connectivity index (χ4v) is 2.79. The van der Waals surface area contributed by atoms with E-state index in [1.54, 1.807) is 25.1 Å². The molecule has 146 valence electrons. The zero-order chi connectivity index (χ0) is 20.3. The van der Waals surface area contributed by atoms with Crippen molar-refractivity contribution >= 4 is 5.91 Å². The predicted octanol–water partition coefficient (Wildman–Crippen LogP) is 4.31. The SMILES string of the molecule is Cc1c(C(=O)NCCc2cccc(C(F)(F)F)c2)cnn1-c1ccc(F)cc1. The first-order valence-corrected chi connectivity index (χ1v) is 8.50. The molecule has 1 N–H and O–H groups in total. The Morgan fingerprint density at radius 1 is 1.14 bits per heavy atom. The molecular weight excluding hydrogens is 374 g/mol. The van der Waals surface area contributed by atoms with Crippen LogP contribution in [0.15, 0.2) is 54.7 Å². The van der Waals surface area contributed by atoms with Gasteiger partial charge < -0.3 is 5.32 Å². The van der Waals surface area contributed by atoms with Crippen molar-refractivity contribution < 1.29 is 22.4 Å². The van der Waals surface area contributed by atoms with Gasteiger partial charge in [0.2, 0.25) is 0 Å². The molecule has 0 bridgehead atoms. The molecule has 0 spiro atoms. The fourth-order valence-electron chi connectivity index (χ4n) is 2.79. The molecule has 0 fully saturated rings. The maximum Gasteiger partial charge on any atom is 0.416 e. The molecule has 0 radical (unpaired) electrons. The number of hydrogen-bond donors (Lipinski definition) is 1. The van der Waals surface area contributed by atoms with Gasteiger partial charge in [0.25, 0.3) is 5.91 Å². The quantitative estimate of drug-likeness (QED) is 0.659. The van der Waals surface area contributed by atoms with Crippen LogP contribution in [0.5, 0.6) is 0 Å². The van der Waals surface area contributed by atoms with E-state index in [-0.39, 0.29) is 24.7 Å². The van der Waals surface area contributed by atoms with Gasteiger partial charge in [-0.1, -0.05) is 18.2 Å². The first-order valence-electron chi connectivity index (χ1n) is 8.50. The summed E-state index contributed by atoms with van der Waals surface area (Å²) in [6, 6.07) is 10.7. The van der Waals surface area contributed by atoms with Crippen LogP contribution in [0.25, 0.3) is 5.69 Å². The number of nitrogens with one attached hydrogen (secondary N) is 1. The Kier molecular flexibility index (Phi) is 5.48. The Balaban J connectivity index is 1.64. The van der Waals surface area contributed by atoms with Crippen LogP contribution in [0.1, 0.15) is 27.2 Å². The first kappa shape index (κ1) is 19.6. The number of benzene rings is 2. The second-order valence-electron chi connectivity index (χ2n) is 6.24. The van der Waals surface area contributed by atoms with Crippen LogP contribution >= 0.6 is 0 Å². The van der Waals surface area contributed by atoms with Crippen LogP contribution in [0.4, 0.5) is 17.6 Å². The molecule has 1 heterocycles. The third kappa shape index (κ3) is 4.39. The van der Waals surface area contributed by atoms with Crippen LogP contribution in [-0.2, 0) is 12.6 Å². The molecule has 0 saturated heterocycles. The van der Waals surface area contributed by atoms with Crippen molar-refractivity contribution in [1.29, 1.82) is 0 Å². The Bertz CT molecular complexity index is 978. The van der Waals surface area contributed by atoms with E-state index in [0.29, 0.717) is 22.5 Å². The molecule has 1 amide bonds. The van der Waals surface area contributed by atoms with E-state index in [9.17, 15) is 22.4 Å². The van der Waals surface area contributed by atoms with Gasteiger partial charge in [-0.2, -0.15) is 18.3 Å². The predicted molar refractivity (Wildman–Crippen MR) is 95.7 cm³/mol. The number of carbonyl (C=O) groups is 1. The van der Waals surface area contributed by atoms with Crippen LogP contribution in [0.2, 0.25) is 0 Å². The average Bonchev–Trinajstić information content (AvgIpc) is 3.03. The second kappa shape index (κ2) is 7.84. The third-order valence-electron chi connectivity index (χ3n) is 4.28. The summed E-state index contributed by atoms with van der Waals surface area (Å²) in [7, 11) is 0. The van der Waals surface area contributed by atoms with Gasteiger partial charge in [0.15, 0.2) is 0 Å². The number of alkyl halides is 3. The molecular formula is C20H17F4N3O. The molecule has 0 aliphatic rings. The number of nitrogens with zero attached hydrogens (tertiary/aromatic N) is 2. The van der Waals surface area contributed by atoms with Crippen molar-refractivity contribution in [3.05, 3.63) is 82.9 Å². The van der Waals surface area contributed by atoms with Crippen molar-refractivity contribution in [3.63, 3.8) is 0 Å². The zero-order valence-corrected chi connectivity index (χ0v) is 14.9. The minimum Gasteiger partial charge on any atom is -0.352 e. The Morgan fingerprint density at radius 2 is 1.86 bits per heavy atom. The summed E-state index contributed by atoms with van der Waals surface area (Å²) in [6.45, 7) is 1.89. The smallest absolute Gasteiger partial charge is 0.352 e. The second-order valence-corrected chi connectivity index (χ2v) is 6.24. The van der Waals surface area contributed by atoms with Gasteiger partial charge in [0.1, 0.15) is 5.82 Å². The summed E-state index contributed by atoms with van der Waals surface area (Å²) >= 11 is 0. The monoisotopic (exact) mass is 391 g/mol. The van der Waals surface area contributed by atoms with Gasteiger partial charge in [0.05, 0.1) is 28.7 Å². The molecule has 8 heteroatoms. The molecule has 2 aromatic carbocycles. The van der Waals surface area contributed by atoms with Crippen molar-refractivity contribution in [2.24, 2.45) is 0 Å². The molecule has 28 heavy (non-hydrogen) atoms. The molecule has 0 saturated carbocycles. The van der Waals surface area contributed by atoms with Gasteiger partial charge in [-0.05, 0) is 49.2 Å². The van der Waals surface area contributed by atoms with Crippen molar-refractivity contribution in [2.45, 2.75) is 19.5 Å². The lowest BCUT2D eigenvalue weighted by atomic mass is 10.1. The molecule has 1 aromatic heterocycles. The van der Waals surface area contributed by atoms with E-state index in [4.69, 9.17) is 0 Å². The Hall–Kier alpha value is -3.16. The summed E-state index contributed by atoms with van der Waals surface area (Å²) in [5, 5.41) is 6.84. The molecule has 0 aliphatic carbocycles. The highest BCUT2D eigenvalue weighted by Gasteiger charge is 2.30. The van der Waals surface area contributed by atoms with Crippen LogP contribution < -0.4 is 5.32 Å². The van der Waals surface area contributed by atoms with Crippen molar-refractivity contribution in [1.82, 2.24) is 15.1 Å². The number of rotatable bonds is 5. The molecule has 0 unspecified atom stereocenters. The molecule has 3 rings (SSSR count). The zero-order valence-electron chi connectivity index (χ0n) is 14.9. The minimum atomic E-state index is -4.40. The van der Waals surface area contributed by atoms with E-state index in [1.165, 1.54) is 29.1 Å². The molecule has 0 atom stereocenters. The highest BCUT2D eigenvalue weighted by molar-refractivity contribution is 5.95. The van der Waals surface area contributed by atoms with Gasteiger partial charge in [-0.15, -0.1) is 0 Å². The van der Waals surface area contributed by atoms with Crippen LogP contribution in [-0.4, -0.2) is 22.2 Å². The standard InChI is InChI=1S/C20H17F4N3O/c1-13-18(12-26-27(13)17-7-5-16(21)6-8-17)19(28)25-10-9-14-3-2-4-15(11-14)20(22,23)24/h2-8,11-12H,9-10H2,1H3,(H,25,28). The van der Waals surface area contributed by atoms with Gasteiger partial charge in [-0.25, -0.2) is 9.07 Å². The van der Waals surface area contributed by atoms with E-state index >= 15 is 0 Å². The molecule has 4 nitrogen and oxygen atoms in total. The minimum absolute atomic E-state index is 0.182. The number of carbonyl (C=O) groups excluding carboxylic acids is 1. The Labute approximate surface area is 158 Å². The summed E-state index contributed by atoms with van der Waals surface area (Å²) in [5.74, 6) is -0.751. The van der Waals surface area contributed by atoms with Crippen molar-refractivity contribution in [2.75, 3.05) is 6.54 Å². The van der Waals surface area contributed by atoms with Gasteiger partial charge in [0, 0.05) is 6.54 Å². The summed E-state index contributed by atoms with van der Waals surface area (Å²) < 4.78 is 52.8. The molecule has 3 aromatic rings. The first-order chi connectivity index (χ1) is 13.3. The van der Waals surface area contributed by atoms with Crippen LogP contribution in [0.3, 0.4) is 0 Å². The van der Waals surface area contributed by atoms with E-state index in [0.717, 1.165) is 12.1 Å². The van der Waals surface area contributed by atoms with Gasteiger partial charge >= 0.3 is 6.18 Å². The summed E-state index contributed by atoms with van der Waals surface area (Å²) in [5.41, 5.74) is 1.29. The third-order valence-corrected chi connectivity index (χ3v) is 4.28. The average molecular weight is 391 g/mol. The fraction of sp³-hybridized carbons (Fsp3) is 0.200. The number of hydrogen-bond acceptors (Lipinski definition) is 2. The topological polar surface area (TPSA) is 46.9 Å². The lowest BCUT2D eigenvalue weighted by molar-refractivity contribution is -0.137. The van der Waals surface area contributed by atoms with Crippen LogP contribution in [0, 0.1) is 12.7 Å². The highest BCUT2D eigenvalue weighted by Crippen LogP contribution is 2.29. The molecule has 0 aliphatic heterocycles. The number of amides is 1. The Morgan fingerprint density at radius 3 is 2.54 bits per heavy atom.